The molecule has 0 radical (unpaired) electrons. The smallest absolute Gasteiger partial charge is 0.0176 e. The molecule has 0 aromatic heterocycles. The normalized spacial score (nSPS) is 63.9. The van der Waals surface area contributed by atoms with Crippen LogP contribution in [0.15, 0.2) is 0 Å². The van der Waals surface area contributed by atoms with Gasteiger partial charge in [-0.15, -0.1) is 0 Å². The van der Waals surface area contributed by atoms with Gasteiger partial charge in [-0.25, -0.2) is 0 Å². The fourth-order valence-electron chi connectivity index (χ4n) is 7.23. The molecule has 0 aliphatic heterocycles. The first kappa shape index (κ1) is 9.00. The lowest BCUT2D eigenvalue weighted by molar-refractivity contribution is -0.347. The van der Waals surface area contributed by atoms with Crippen LogP contribution in [0.3, 0.4) is 0 Å². The van der Waals surface area contributed by atoms with E-state index >= 15 is 0 Å². The van der Waals surface area contributed by atoms with Crippen molar-refractivity contribution in [1.82, 2.24) is 0 Å². The topological polar surface area (TPSA) is 0 Å². The summed E-state index contributed by atoms with van der Waals surface area (Å²) in [6.07, 6.45) is 16.1. The van der Waals surface area contributed by atoms with E-state index in [4.69, 9.17) is 0 Å². The van der Waals surface area contributed by atoms with Crippen LogP contribution in [0.5, 0.6) is 0 Å². The van der Waals surface area contributed by atoms with Crippen LogP contribution in [0.4, 0.5) is 0 Å². The summed E-state index contributed by atoms with van der Waals surface area (Å²) >= 11 is 0. The molecule has 5 saturated carbocycles. The van der Waals surface area contributed by atoms with Gasteiger partial charge in [0.05, 0.1) is 0 Å². The van der Waals surface area contributed by atoms with Crippen molar-refractivity contribution in [2.75, 3.05) is 0 Å². The van der Waals surface area contributed by atoms with E-state index in [0.717, 1.165) is 27.6 Å². The molecule has 16 heavy (non-hydrogen) atoms. The predicted molar refractivity (Wildman–Crippen MR) is 65.1 cm³/mol. The van der Waals surface area contributed by atoms with Crippen molar-refractivity contribution in [3.8, 4) is 0 Å². The van der Waals surface area contributed by atoms with E-state index in [1.165, 1.54) is 0 Å². The molecule has 5 aliphatic carbocycles. The van der Waals surface area contributed by atoms with E-state index in [2.05, 4.69) is 6.92 Å². The second-order valence-electron chi connectivity index (χ2n) is 8.04. The highest BCUT2D eigenvalue weighted by Crippen LogP contribution is 2.92. The fourth-order valence-corrected chi connectivity index (χ4v) is 7.23. The number of hydrogen-bond acceptors (Lipinski definition) is 0. The predicted octanol–water partition coefficient (Wildman–Crippen LogP) is 4.54. The molecular weight excluding hydrogens is 192 g/mol. The highest BCUT2D eigenvalue weighted by Gasteiger charge is 2.84. The molecule has 5 rings (SSSR count). The van der Waals surface area contributed by atoms with Crippen molar-refractivity contribution in [1.29, 1.82) is 0 Å². The van der Waals surface area contributed by atoms with Crippen molar-refractivity contribution in [3.05, 3.63) is 0 Å². The van der Waals surface area contributed by atoms with Crippen LogP contribution >= 0.6 is 0 Å². The highest BCUT2D eigenvalue weighted by molar-refractivity contribution is 5.33. The molecule has 0 heteroatoms. The second kappa shape index (κ2) is 2.15. The van der Waals surface area contributed by atoms with E-state index in [0.29, 0.717) is 0 Å². The molecule has 0 N–H and O–H groups in total. The molecular formula is C16H24. The third-order valence-electron chi connectivity index (χ3n) is 8.71. The monoisotopic (exact) mass is 216 g/mol. The minimum atomic E-state index is 0.876. The summed E-state index contributed by atoms with van der Waals surface area (Å²) in [5.74, 6) is 1.08. The highest BCUT2D eigenvalue weighted by atomic mass is 14.9. The van der Waals surface area contributed by atoms with Gasteiger partial charge in [-0.3, -0.25) is 0 Å². The van der Waals surface area contributed by atoms with E-state index in [1.807, 2.05) is 0 Å². The summed E-state index contributed by atoms with van der Waals surface area (Å²) < 4.78 is 0. The summed E-state index contributed by atoms with van der Waals surface area (Å²) in [5.41, 5.74) is 3.61. The number of fused-ring (bicyclic) bond motifs is 3. The molecule has 0 amide bonds. The Morgan fingerprint density at radius 2 is 1.31 bits per heavy atom. The molecule has 0 nitrogen and oxygen atoms in total. The third-order valence-corrected chi connectivity index (χ3v) is 8.71. The van der Waals surface area contributed by atoms with Gasteiger partial charge in [0.15, 0.2) is 0 Å². The molecule has 0 aromatic rings. The van der Waals surface area contributed by atoms with E-state index in [-0.39, 0.29) is 0 Å². The van der Waals surface area contributed by atoms with Gasteiger partial charge in [-0.2, -0.15) is 0 Å². The Morgan fingerprint density at radius 1 is 0.688 bits per heavy atom. The lowest BCUT2D eigenvalue weighted by Crippen LogP contribution is -2.75. The molecule has 5 fully saturated rings. The van der Waals surface area contributed by atoms with E-state index in [9.17, 15) is 0 Å². The van der Waals surface area contributed by atoms with E-state index < -0.39 is 0 Å². The number of rotatable bonds is 0. The lowest BCUT2D eigenvalue weighted by atomic mass is 9.21. The maximum Gasteiger partial charge on any atom is -0.0176 e. The zero-order valence-corrected chi connectivity index (χ0v) is 10.6. The zero-order valence-electron chi connectivity index (χ0n) is 10.6. The summed E-state index contributed by atoms with van der Waals surface area (Å²) in [7, 11) is 0. The van der Waals surface area contributed by atoms with Crippen molar-refractivity contribution in [2.24, 2.45) is 27.6 Å². The molecule has 4 atom stereocenters. The average molecular weight is 216 g/mol. The Kier molecular flexibility index (Phi) is 1.21. The van der Waals surface area contributed by atoms with Crippen LogP contribution < -0.4 is 0 Å². The van der Waals surface area contributed by atoms with Crippen molar-refractivity contribution in [2.45, 2.75) is 71.1 Å². The van der Waals surface area contributed by atoms with E-state index in [1.54, 1.807) is 64.2 Å². The Morgan fingerprint density at radius 3 is 1.56 bits per heavy atom. The Hall–Kier alpha value is 0. The van der Waals surface area contributed by atoms with Crippen LogP contribution in [0, 0.1) is 27.6 Å². The zero-order chi connectivity index (χ0) is 10.6. The average Bonchev–Trinajstić information content (AvgIpc) is 2.92. The summed E-state index contributed by atoms with van der Waals surface area (Å²) in [5, 5.41) is 0. The van der Waals surface area contributed by atoms with Gasteiger partial charge >= 0.3 is 0 Å². The van der Waals surface area contributed by atoms with Crippen LogP contribution in [-0.4, -0.2) is 0 Å². The van der Waals surface area contributed by atoms with Gasteiger partial charge in [0.25, 0.3) is 0 Å². The van der Waals surface area contributed by atoms with Crippen LogP contribution in [-0.2, 0) is 0 Å². The van der Waals surface area contributed by atoms with Crippen LogP contribution in [0.2, 0.25) is 0 Å². The fraction of sp³-hybridized carbons (Fsp3) is 1.00. The van der Waals surface area contributed by atoms with Gasteiger partial charge in [0.1, 0.15) is 0 Å². The largest absolute Gasteiger partial charge is 0.0620 e. The third kappa shape index (κ3) is 0.560. The first-order valence-corrected chi connectivity index (χ1v) is 7.71. The summed E-state index contributed by atoms with van der Waals surface area (Å²) in [6.45, 7) is 2.56. The van der Waals surface area contributed by atoms with Crippen molar-refractivity contribution in [3.63, 3.8) is 0 Å². The molecule has 4 unspecified atom stereocenters. The van der Waals surface area contributed by atoms with Gasteiger partial charge < -0.3 is 0 Å². The molecule has 0 aromatic carbocycles. The van der Waals surface area contributed by atoms with Gasteiger partial charge in [-0.1, -0.05) is 6.92 Å². The maximum atomic E-state index is 2.56. The lowest BCUT2D eigenvalue weighted by Gasteiger charge is -2.83. The molecule has 4 spiro atoms. The molecule has 0 heterocycles. The van der Waals surface area contributed by atoms with Crippen molar-refractivity contribution >= 4 is 0 Å². The Bertz CT molecular complexity index is 367. The summed E-state index contributed by atoms with van der Waals surface area (Å²) in [4.78, 5) is 0. The minimum absolute atomic E-state index is 0.876. The first-order chi connectivity index (χ1) is 7.71. The minimum Gasteiger partial charge on any atom is -0.0620 e. The molecule has 88 valence electrons. The first-order valence-electron chi connectivity index (χ1n) is 7.71. The number of hydrogen-bond donors (Lipinski definition) is 0. The van der Waals surface area contributed by atoms with Crippen LogP contribution in [0.1, 0.15) is 71.1 Å². The van der Waals surface area contributed by atoms with Gasteiger partial charge in [-0.05, 0) is 91.8 Å². The van der Waals surface area contributed by atoms with Crippen molar-refractivity contribution < 1.29 is 0 Å². The standard InChI is InChI=1S/C16H24/c1-12-2-3-14(12)7-9-16(14)11-10-15(16)8-6-13(15)4-5-13/h12H,2-11H2,1H3. The van der Waals surface area contributed by atoms with Gasteiger partial charge in [0, 0.05) is 0 Å². The molecule has 5 aliphatic rings. The van der Waals surface area contributed by atoms with Gasteiger partial charge in [0.2, 0.25) is 0 Å². The summed E-state index contributed by atoms with van der Waals surface area (Å²) in [6, 6.07) is 0. The quantitative estimate of drug-likeness (QED) is 0.558. The SMILES string of the molecule is CC1CCC12CCC21CCC12CCC21CC1. The molecule has 0 saturated heterocycles. The second-order valence-corrected chi connectivity index (χ2v) is 8.04. The maximum absolute atomic E-state index is 2.56. The Balaban J connectivity index is 1.59. The van der Waals surface area contributed by atoms with Crippen LogP contribution in [0.25, 0.3) is 0 Å². The molecule has 0 bridgehead atoms. The Labute approximate surface area is 99.2 Å².